The van der Waals surface area contributed by atoms with Gasteiger partial charge in [0, 0.05) is 17.3 Å². The Morgan fingerprint density at radius 1 is 1.43 bits per heavy atom. The van der Waals surface area contributed by atoms with Crippen LogP contribution < -0.4 is 20.7 Å². The number of nitrogens with one attached hydrogen (secondary N) is 1. The number of rotatable bonds is 2. The second-order valence-corrected chi connectivity index (χ2v) is 6.21. The Balaban J connectivity index is 2.26. The molecule has 1 aromatic rings. The number of nitrogens with two attached hydrogens (primary N) is 1. The first-order chi connectivity index (χ1) is 9.67. The lowest BCUT2D eigenvalue weighted by atomic mass is 10.1. The molecular formula is C15H21N3O3. The molecule has 0 saturated heterocycles. The van der Waals surface area contributed by atoms with Crippen molar-refractivity contribution in [1.82, 2.24) is 5.32 Å². The summed E-state index contributed by atoms with van der Waals surface area (Å²) < 4.78 is 5.53. The minimum absolute atomic E-state index is 0.0410. The molecule has 3 N–H and O–H groups in total. The van der Waals surface area contributed by atoms with Crippen LogP contribution in [0.3, 0.4) is 0 Å². The Labute approximate surface area is 124 Å². The lowest BCUT2D eigenvalue weighted by molar-refractivity contribution is -0.128. The number of anilines is 2. The zero-order chi connectivity index (χ0) is 15.8. The number of hydrogen-bond acceptors (Lipinski definition) is 4. The predicted octanol–water partition coefficient (Wildman–Crippen LogP) is 1.30. The highest BCUT2D eigenvalue weighted by Gasteiger charge is 2.33. The fourth-order valence-corrected chi connectivity index (χ4v) is 2.19. The van der Waals surface area contributed by atoms with E-state index in [0.29, 0.717) is 17.1 Å². The molecule has 1 unspecified atom stereocenters. The van der Waals surface area contributed by atoms with Gasteiger partial charge in [-0.2, -0.15) is 0 Å². The quantitative estimate of drug-likeness (QED) is 0.804. The molecule has 1 aliphatic rings. The Morgan fingerprint density at radius 2 is 2.10 bits per heavy atom. The summed E-state index contributed by atoms with van der Waals surface area (Å²) >= 11 is 0. The normalized spacial score (nSPS) is 18.0. The Bertz CT molecular complexity index is 578. The average Bonchev–Trinajstić information content (AvgIpc) is 2.32. The molecule has 0 spiro atoms. The van der Waals surface area contributed by atoms with Crippen molar-refractivity contribution < 1.29 is 14.3 Å². The van der Waals surface area contributed by atoms with Gasteiger partial charge in [0.2, 0.25) is 5.91 Å². The van der Waals surface area contributed by atoms with Gasteiger partial charge in [0.05, 0.1) is 5.69 Å². The van der Waals surface area contributed by atoms with Crippen molar-refractivity contribution in [3.63, 3.8) is 0 Å². The first-order valence-electron chi connectivity index (χ1n) is 6.86. The van der Waals surface area contributed by atoms with E-state index in [0.717, 1.165) is 0 Å². The number of ether oxygens (including phenoxy) is 1. The number of hydrogen-bond donors (Lipinski definition) is 2. The van der Waals surface area contributed by atoms with E-state index in [9.17, 15) is 9.59 Å². The number of carbonyl (C=O) groups excluding carboxylic acids is 2. The summed E-state index contributed by atoms with van der Waals surface area (Å²) in [5.74, 6) is 0.0646. The van der Waals surface area contributed by atoms with Gasteiger partial charge in [-0.25, -0.2) is 0 Å². The molecule has 2 amide bonds. The van der Waals surface area contributed by atoms with E-state index < -0.39 is 6.10 Å². The molecule has 0 radical (unpaired) electrons. The molecule has 2 rings (SSSR count). The molecule has 6 heteroatoms. The van der Waals surface area contributed by atoms with Gasteiger partial charge in [-0.3, -0.25) is 14.5 Å². The molecule has 1 aromatic carbocycles. The minimum atomic E-state index is -0.637. The lowest BCUT2D eigenvalue weighted by Crippen LogP contribution is -2.51. The van der Waals surface area contributed by atoms with Crippen LogP contribution in [0, 0.1) is 0 Å². The van der Waals surface area contributed by atoms with Gasteiger partial charge in [-0.1, -0.05) is 0 Å². The number of benzene rings is 1. The van der Waals surface area contributed by atoms with Crippen LogP contribution in [0.25, 0.3) is 0 Å². The van der Waals surface area contributed by atoms with Gasteiger partial charge >= 0.3 is 0 Å². The summed E-state index contributed by atoms with van der Waals surface area (Å²) in [5, 5.41) is 2.85. The predicted molar refractivity (Wildman–Crippen MR) is 81.2 cm³/mol. The van der Waals surface area contributed by atoms with E-state index in [1.165, 1.54) is 4.90 Å². The van der Waals surface area contributed by atoms with E-state index in [1.54, 1.807) is 25.1 Å². The van der Waals surface area contributed by atoms with Crippen molar-refractivity contribution in [2.75, 3.05) is 17.2 Å². The molecule has 0 aliphatic carbocycles. The van der Waals surface area contributed by atoms with Gasteiger partial charge in [0.1, 0.15) is 12.3 Å². The summed E-state index contributed by atoms with van der Waals surface area (Å²) in [6, 6.07) is 5.03. The molecule has 0 bridgehead atoms. The smallest absolute Gasteiger partial charge is 0.268 e. The van der Waals surface area contributed by atoms with Crippen LogP contribution in [0.1, 0.15) is 27.7 Å². The maximum atomic E-state index is 12.3. The third-order valence-corrected chi connectivity index (χ3v) is 3.01. The Hall–Kier alpha value is -2.24. The summed E-state index contributed by atoms with van der Waals surface area (Å²) in [7, 11) is 0. The number of amides is 2. The zero-order valence-corrected chi connectivity index (χ0v) is 12.8. The monoisotopic (exact) mass is 291 g/mol. The van der Waals surface area contributed by atoms with E-state index in [-0.39, 0.29) is 23.9 Å². The van der Waals surface area contributed by atoms with Crippen LogP contribution >= 0.6 is 0 Å². The molecule has 0 fully saturated rings. The fraction of sp³-hybridized carbons (Fsp3) is 0.467. The molecule has 6 nitrogen and oxygen atoms in total. The van der Waals surface area contributed by atoms with Crippen molar-refractivity contribution in [1.29, 1.82) is 0 Å². The van der Waals surface area contributed by atoms with Crippen LogP contribution in [-0.2, 0) is 9.59 Å². The molecule has 1 heterocycles. The van der Waals surface area contributed by atoms with Crippen LogP contribution in [0.2, 0.25) is 0 Å². The molecule has 114 valence electrons. The Kier molecular flexibility index (Phi) is 3.80. The van der Waals surface area contributed by atoms with E-state index in [2.05, 4.69) is 5.32 Å². The summed E-state index contributed by atoms with van der Waals surface area (Å²) in [4.78, 5) is 25.8. The third kappa shape index (κ3) is 3.45. The first-order valence-corrected chi connectivity index (χ1v) is 6.86. The molecular weight excluding hydrogens is 270 g/mol. The van der Waals surface area contributed by atoms with E-state index >= 15 is 0 Å². The van der Waals surface area contributed by atoms with Gasteiger partial charge in [0.25, 0.3) is 5.91 Å². The highest BCUT2D eigenvalue weighted by atomic mass is 16.5. The van der Waals surface area contributed by atoms with Gasteiger partial charge in [-0.15, -0.1) is 0 Å². The largest absolute Gasteiger partial charge is 0.479 e. The van der Waals surface area contributed by atoms with Crippen molar-refractivity contribution in [3.8, 4) is 5.75 Å². The maximum Gasteiger partial charge on any atom is 0.268 e. The minimum Gasteiger partial charge on any atom is -0.479 e. The lowest BCUT2D eigenvalue weighted by Gasteiger charge is -2.33. The van der Waals surface area contributed by atoms with Gasteiger partial charge in [-0.05, 0) is 39.8 Å². The SMILES string of the molecule is CC1Oc2cc(N)ccc2N(CC(=O)NC(C)(C)C)C1=O. The van der Waals surface area contributed by atoms with Crippen molar-refractivity contribution in [2.24, 2.45) is 0 Å². The van der Waals surface area contributed by atoms with Crippen LogP contribution in [0.5, 0.6) is 5.75 Å². The number of carbonyl (C=O) groups is 2. The molecule has 0 saturated carbocycles. The van der Waals surface area contributed by atoms with E-state index in [1.807, 2.05) is 20.8 Å². The number of fused-ring (bicyclic) bond motifs is 1. The highest BCUT2D eigenvalue weighted by molar-refractivity contribution is 6.03. The maximum absolute atomic E-state index is 12.3. The van der Waals surface area contributed by atoms with Crippen molar-refractivity contribution in [2.45, 2.75) is 39.3 Å². The zero-order valence-electron chi connectivity index (χ0n) is 12.8. The van der Waals surface area contributed by atoms with Crippen LogP contribution in [0.15, 0.2) is 18.2 Å². The standard InChI is InChI=1S/C15H21N3O3/c1-9-14(20)18(8-13(19)17-15(2,3)4)11-6-5-10(16)7-12(11)21-9/h5-7,9H,8,16H2,1-4H3,(H,17,19). The van der Waals surface area contributed by atoms with Crippen molar-refractivity contribution >= 4 is 23.2 Å². The number of nitrogens with zero attached hydrogens (tertiary/aromatic N) is 1. The molecule has 21 heavy (non-hydrogen) atoms. The van der Waals surface area contributed by atoms with Crippen LogP contribution in [0.4, 0.5) is 11.4 Å². The average molecular weight is 291 g/mol. The fourth-order valence-electron chi connectivity index (χ4n) is 2.19. The molecule has 0 aromatic heterocycles. The second kappa shape index (κ2) is 5.27. The highest BCUT2D eigenvalue weighted by Crippen LogP contribution is 2.35. The second-order valence-electron chi connectivity index (χ2n) is 6.21. The molecule has 1 aliphatic heterocycles. The first kappa shape index (κ1) is 15.2. The Morgan fingerprint density at radius 3 is 2.71 bits per heavy atom. The van der Waals surface area contributed by atoms with E-state index in [4.69, 9.17) is 10.5 Å². The topological polar surface area (TPSA) is 84.7 Å². The summed E-state index contributed by atoms with van der Waals surface area (Å²) in [6.45, 7) is 7.29. The number of nitrogen functional groups attached to an aromatic ring is 1. The van der Waals surface area contributed by atoms with Crippen LogP contribution in [-0.4, -0.2) is 30.0 Å². The third-order valence-electron chi connectivity index (χ3n) is 3.01. The molecule has 1 atom stereocenters. The van der Waals surface area contributed by atoms with Gasteiger partial charge in [0.15, 0.2) is 6.10 Å². The van der Waals surface area contributed by atoms with Gasteiger partial charge < -0.3 is 15.8 Å². The van der Waals surface area contributed by atoms with Crippen molar-refractivity contribution in [3.05, 3.63) is 18.2 Å². The summed E-state index contributed by atoms with van der Waals surface area (Å²) in [6.07, 6.45) is -0.637. The summed E-state index contributed by atoms with van der Waals surface area (Å²) in [5.41, 5.74) is 6.50.